The SMILES string of the molecule is OC1O[C@H](COc2cccc(Br)c2)[C@@H](O)[C@H](O)[C@H]1O. The zero-order valence-electron chi connectivity index (χ0n) is 9.89. The summed E-state index contributed by atoms with van der Waals surface area (Å²) in [4.78, 5) is 0. The quantitative estimate of drug-likeness (QED) is 0.602. The summed E-state index contributed by atoms with van der Waals surface area (Å²) in [6, 6.07) is 7.08. The van der Waals surface area contributed by atoms with Crippen molar-refractivity contribution in [1.82, 2.24) is 0 Å². The highest BCUT2D eigenvalue weighted by atomic mass is 79.9. The number of benzene rings is 1. The molecular weight excluding hydrogens is 320 g/mol. The van der Waals surface area contributed by atoms with Crippen LogP contribution >= 0.6 is 15.9 Å². The second kappa shape index (κ2) is 6.17. The van der Waals surface area contributed by atoms with Crippen molar-refractivity contribution in [3.05, 3.63) is 28.7 Å². The van der Waals surface area contributed by atoms with E-state index in [4.69, 9.17) is 9.47 Å². The molecule has 1 aliphatic rings. The van der Waals surface area contributed by atoms with E-state index < -0.39 is 30.7 Å². The van der Waals surface area contributed by atoms with Gasteiger partial charge in [0.15, 0.2) is 6.29 Å². The van der Waals surface area contributed by atoms with Crippen molar-refractivity contribution in [3.63, 3.8) is 0 Å². The van der Waals surface area contributed by atoms with Crippen LogP contribution in [-0.2, 0) is 4.74 Å². The van der Waals surface area contributed by atoms with Crippen molar-refractivity contribution < 1.29 is 29.9 Å². The highest BCUT2D eigenvalue weighted by molar-refractivity contribution is 9.10. The van der Waals surface area contributed by atoms with E-state index in [-0.39, 0.29) is 6.61 Å². The minimum atomic E-state index is -1.55. The maximum absolute atomic E-state index is 9.72. The lowest BCUT2D eigenvalue weighted by Crippen LogP contribution is -2.58. The molecule has 1 unspecified atom stereocenters. The first-order valence-corrected chi connectivity index (χ1v) is 6.54. The van der Waals surface area contributed by atoms with Gasteiger partial charge in [-0.1, -0.05) is 22.0 Å². The Bertz CT molecular complexity index is 428. The van der Waals surface area contributed by atoms with Crippen LogP contribution in [0, 0.1) is 0 Å². The van der Waals surface area contributed by atoms with E-state index in [1.807, 2.05) is 6.07 Å². The fraction of sp³-hybridized carbons (Fsp3) is 0.500. The Hall–Kier alpha value is -0.700. The van der Waals surface area contributed by atoms with Gasteiger partial charge in [0.1, 0.15) is 36.8 Å². The minimum absolute atomic E-state index is 0.0571. The normalized spacial score (nSPS) is 35.1. The second-order valence-corrected chi connectivity index (χ2v) is 5.22. The molecule has 1 heterocycles. The molecule has 0 radical (unpaired) electrons. The molecule has 0 spiro atoms. The number of halogens is 1. The Balaban J connectivity index is 1.95. The first-order chi connectivity index (χ1) is 8.99. The van der Waals surface area contributed by atoms with Crippen LogP contribution < -0.4 is 4.74 Å². The van der Waals surface area contributed by atoms with E-state index in [1.54, 1.807) is 18.2 Å². The Morgan fingerprint density at radius 3 is 2.53 bits per heavy atom. The zero-order valence-corrected chi connectivity index (χ0v) is 11.5. The Kier molecular flexibility index (Phi) is 4.77. The standard InChI is InChI=1S/C12H15BrO6/c13-6-2-1-3-7(4-6)18-5-8-9(14)10(15)11(16)12(17)19-8/h1-4,8-12,14-17H,5H2/t8-,9-,10+,11-,12?/m1/s1. The molecule has 6 nitrogen and oxygen atoms in total. The molecule has 2 rings (SSSR count). The first kappa shape index (κ1) is 14.7. The topological polar surface area (TPSA) is 99.4 Å². The average Bonchev–Trinajstić information content (AvgIpc) is 2.39. The van der Waals surface area contributed by atoms with Crippen LogP contribution in [0.3, 0.4) is 0 Å². The summed E-state index contributed by atoms with van der Waals surface area (Å²) in [5.41, 5.74) is 0. The summed E-state index contributed by atoms with van der Waals surface area (Å²) < 4.78 is 11.2. The van der Waals surface area contributed by atoms with Crippen molar-refractivity contribution >= 4 is 15.9 Å². The van der Waals surface area contributed by atoms with E-state index >= 15 is 0 Å². The number of rotatable bonds is 3. The summed E-state index contributed by atoms with van der Waals surface area (Å²) in [5.74, 6) is 0.556. The highest BCUT2D eigenvalue weighted by Crippen LogP contribution is 2.22. The van der Waals surface area contributed by atoms with E-state index in [0.29, 0.717) is 5.75 Å². The molecule has 106 valence electrons. The van der Waals surface area contributed by atoms with Gasteiger partial charge < -0.3 is 29.9 Å². The highest BCUT2D eigenvalue weighted by Gasteiger charge is 2.43. The smallest absolute Gasteiger partial charge is 0.184 e. The molecule has 1 saturated heterocycles. The lowest BCUT2D eigenvalue weighted by Gasteiger charge is -2.38. The second-order valence-electron chi connectivity index (χ2n) is 4.31. The molecule has 19 heavy (non-hydrogen) atoms. The van der Waals surface area contributed by atoms with Crippen molar-refractivity contribution in [3.8, 4) is 5.75 Å². The van der Waals surface area contributed by atoms with Crippen LogP contribution in [-0.4, -0.2) is 57.7 Å². The van der Waals surface area contributed by atoms with Gasteiger partial charge in [-0.3, -0.25) is 0 Å². The van der Waals surface area contributed by atoms with Crippen molar-refractivity contribution in [1.29, 1.82) is 0 Å². The molecule has 4 N–H and O–H groups in total. The first-order valence-electron chi connectivity index (χ1n) is 5.75. The molecule has 0 aliphatic carbocycles. The fourth-order valence-corrected chi connectivity index (χ4v) is 2.18. The zero-order chi connectivity index (χ0) is 14.0. The maximum atomic E-state index is 9.72. The van der Waals surface area contributed by atoms with Gasteiger partial charge in [0.05, 0.1) is 0 Å². The molecule has 1 aromatic carbocycles. The van der Waals surface area contributed by atoms with Crippen LogP contribution in [0.2, 0.25) is 0 Å². The number of hydrogen-bond donors (Lipinski definition) is 4. The summed E-state index contributed by atoms with van der Waals surface area (Å²) >= 11 is 3.29. The number of hydrogen-bond acceptors (Lipinski definition) is 6. The van der Waals surface area contributed by atoms with E-state index in [0.717, 1.165) is 4.47 Å². The van der Waals surface area contributed by atoms with Gasteiger partial charge in [-0.15, -0.1) is 0 Å². The number of aliphatic hydroxyl groups is 4. The largest absolute Gasteiger partial charge is 0.491 e. The van der Waals surface area contributed by atoms with Crippen LogP contribution in [0.15, 0.2) is 28.7 Å². The van der Waals surface area contributed by atoms with Crippen LogP contribution in [0.1, 0.15) is 0 Å². The minimum Gasteiger partial charge on any atom is -0.491 e. The van der Waals surface area contributed by atoms with Gasteiger partial charge in [-0.25, -0.2) is 0 Å². The van der Waals surface area contributed by atoms with Crippen LogP contribution in [0.4, 0.5) is 0 Å². The molecule has 0 amide bonds. The van der Waals surface area contributed by atoms with Gasteiger partial charge in [0.25, 0.3) is 0 Å². The number of ether oxygens (including phenoxy) is 2. The molecule has 7 heteroatoms. The molecule has 0 saturated carbocycles. The molecular formula is C12H15BrO6. The molecule has 1 aliphatic heterocycles. The summed E-state index contributed by atoms with van der Waals surface area (Å²) in [6.45, 7) is -0.0571. The monoisotopic (exact) mass is 334 g/mol. The molecule has 1 fully saturated rings. The van der Waals surface area contributed by atoms with Crippen LogP contribution in [0.25, 0.3) is 0 Å². The summed E-state index contributed by atoms with van der Waals surface area (Å²) in [6.07, 6.45) is -6.80. The third-order valence-electron chi connectivity index (χ3n) is 2.90. The van der Waals surface area contributed by atoms with Gasteiger partial charge >= 0.3 is 0 Å². The van der Waals surface area contributed by atoms with Gasteiger partial charge in [0.2, 0.25) is 0 Å². The van der Waals surface area contributed by atoms with Crippen LogP contribution in [0.5, 0.6) is 5.75 Å². The number of aliphatic hydroxyl groups excluding tert-OH is 4. The van der Waals surface area contributed by atoms with Crippen molar-refractivity contribution in [2.24, 2.45) is 0 Å². The maximum Gasteiger partial charge on any atom is 0.184 e. The predicted molar refractivity (Wildman–Crippen MR) is 68.5 cm³/mol. The van der Waals surface area contributed by atoms with E-state index in [9.17, 15) is 20.4 Å². The van der Waals surface area contributed by atoms with E-state index in [2.05, 4.69) is 15.9 Å². The van der Waals surface area contributed by atoms with E-state index in [1.165, 1.54) is 0 Å². The van der Waals surface area contributed by atoms with Crippen molar-refractivity contribution in [2.75, 3.05) is 6.61 Å². The molecule has 0 bridgehead atoms. The molecule has 1 aromatic rings. The third kappa shape index (κ3) is 3.44. The Morgan fingerprint density at radius 1 is 1.11 bits per heavy atom. The summed E-state index contributed by atoms with van der Waals surface area (Å²) in [5, 5.41) is 37.9. The lowest BCUT2D eigenvalue weighted by molar-refractivity contribution is -0.285. The van der Waals surface area contributed by atoms with Gasteiger partial charge in [-0.2, -0.15) is 0 Å². The average molecular weight is 335 g/mol. The van der Waals surface area contributed by atoms with Gasteiger partial charge in [0, 0.05) is 4.47 Å². The third-order valence-corrected chi connectivity index (χ3v) is 3.39. The van der Waals surface area contributed by atoms with Gasteiger partial charge in [-0.05, 0) is 18.2 Å². The summed E-state index contributed by atoms with van der Waals surface area (Å²) in [7, 11) is 0. The lowest BCUT2D eigenvalue weighted by atomic mass is 9.99. The Labute approximate surface area is 118 Å². The Morgan fingerprint density at radius 2 is 1.84 bits per heavy atom. The predicted octanol–water partition coefficient (Wildman–Crippen LogP) is -0.372. The molecule has 5 atom stereocenters. The fourth-order valence-electron chi connectivity index (χ4n) is 1.80. The molecule has 0 aromatic heterocycles. The van der Waals surface area contributed by atoms with Crippen molar-refractivity contribution in [2.45, 2.75) is 30.7 Å².